The highest BCUT2D eigenvalue weighted by molar-refractivity contribution is 6.34. The number of carbonyl (C=O) groups excluding carboxylic acids is 2. The number of amides is 2. The van der Waals surface area contributed by atoms with E-state index in [1.54, 1.807) is 5.32 Å². The standard InChI is InChI=1S/C21H15Cl2F6N3O3/c22-14-5-13(6-15(23)7-14)19(21(27,28)29)8-16(32-35-19)11-1-3-12(4-2-11)18(34)30-9-17(33)31-10-20(24,25)26/h1-7H,8-10H2,(H,30,34)(H,31,33). The van der Waals surface area contributed by atoms with E-state index in [1.165, 1.54) is 30.3 Å². The van der Waals surface area contributed by atoms with Crippen molar-refractivity contribution in [3.05, 3.63) is 69.2 Å². The molecule has 0 radical (unpaired) electrons. The van der Waals surface area contributed by atoms with Gasteiger partial charge in [0, 0.05) is 27.6 Å². The Morgan fingerprint density at radius 3 is 2.11 bits per heavy atom. The predicted octanol–water partition coefficient (Wildman–Crippen LogP) is 4.98. The van der Waals surface area contributed by atoms with Gasteiger partial charge >= 0.3 is 12.4 Å². The highest BCUT2D eigenvalue weighted by atomic mass is 35.5. The van der Waals surface area contributed by atoms with E-state index in [4.69, 9.17) is 28.0 Å². The van der Waals surface area contributed by atoms with Crippen LogP contribution >= 0.6 is 23.2 Å². The molecule has 0 bridgehead atoms. The van der Waals surface area contributed by atoms with E-state index in [1.807, 2.05) is 0 Å². The molecule has 0 fully saturated rings. The first kappa shape index (κ1) is 26.6. The number of hydrogen-bond acceptors (Lipinski definition) is 4. The molecule has 2 aromatic carbocycles. The molecule has 35 heavy (non-hydrogen) atoms. The molecule has 14 heteroatoms. The van der Waals surface area contributed by atoms with Crippen molar-refractivity contribution in [1.82, 2.24) is 10.6 Å². The predicted molar refractivity (Wildman–Crippen MR) is 114 cm³/mol. The molecule has 1 heterocycles. The largest absolute Gasteiger partial charge is 0.435 e. The third-order valence-corrected chi connectivity index (χ3v) is 5.33. The van der Waals surface area contributed by atoms with Gasteiger partial charge in [0.15, 0.2) is 0 Å². The normalized spacial score (nSPS) is 18.0. The number of hydrogen-bond donors (Lipinski definition) is 2. The minimum atomic E-state index is -4.88. The zero-order chi connectivity index (χ0) is 26.0. The zero-order valence-electron chi connectivity index (χ0n) is 17.4. The summed E-state index contributed by atoms with van der Waals surface area (Å²) < 4.78 is 78.5. The van der Waals surface area contributed by atoms with Crippen molar-refractivity contribution < 1.29 is 40.8 Å². The van der Waals surface area contributed by atoms with Gasteiger partial charge in [0.2, 0.25) is 5.91 Å². The lowest BCUT2D eigenvalue weighted by Gasteiger charge is -2.29. The molecule has 3 rings (SSSR count). The SMILES string of the molecule is O=C(CNC(=O)c1ccc(C2=NOC(c3cc(Cl)cc(Cl)c3)(C(F)(F)F)C2)cc1)NCC(F)(F)F. The molecule has 2 N–H and O–H groups in total. The van der Waals surface area contributed by atoms with Gasteiger partial charge in [0.25, 0.3) is 11.5 Å². The second kappa shape index (κ2) is 9.94. The second-order valence-corrected chi connectivity index (χ2v) is 8.31. The fourth-order valence-electron chi connectivity index (χ4n) is 3.18. The molecule has 0 aromatic heterocycles. The smallest absolute Gasteiger partial charge is 0.374 e. The second-order valence-electron chi connectivity index (χ2n) is 7.44. The maximum atomic E-state index is 14.1. The quantitative estimate of drug-likeness (QED) is 0.506. The van der Waals surface area contributed by atoms with Crippen LogP contribution in [0.25, 0.3) is 0 Å². The van der Waals surface area contributed by atoms with E-state index in [9.17, 15) is 35.9 Å². The summed E-state index contributed by atoms with van der Waals surface area (Å²) in [7, 11) is 0. The molecule has 6 nitrogen and oxygen atoms in total. The monoisotopic (exact) mass is 541 g/mol. The van der Waals surface area contributed by atoms with Gasteiger partial charge in [-0.15, -0.1) is 0 Å². The summed E-state index contributed by atoms with van der Waals surface area (Å²) in [5, 5.41) is 7.31. The number of nitrogens with one attached hydrogen (secondary N) is 2. The van der Waals surface area contributed by atoms with Gasteiger partial charge in [-0.1, -0.05) is 40.5 Å². The van der Waals surface area contributed by atoms with E-state index in [2.05, 4.69) is 10.5 Å². The molecule has 1 aliphatic heterocycles. The molecule has 1 aliphatic rings. The van der Waals surface area contributed by atoms with Crippen molar-refractivity contribution in [1.29, 1.82) is 0 Å². The molecule has 0 aliphatic carbocycles. The minimum absolute atomic E-state index is 0.0144. The summed E-state index contributed by atoms with van der Waals surface area (Å²) in [6.07, 6.45) is -10.2. The lowest BCUT2D eigenvalue weighted by Crippen LogP contribution is -2.42. The van der Waals surface area contributed by atoms with Crippen LogP contribution in [0.1, 0.15) is 27.9 Å². The zero-order valence-corrected chi connectivity index (χ0v) is 18.9. The van der Waals surface area contributed by atoms with Gasteiger partial charge < -0.3 is 15.5 Å². The number of oxime groups is 1. The van der Waals surface area contributed by atoms with Crippen LogP contribution in [-0.2, 0) is 15.2 Å². The molecule has 0 spiro atoms. The lowest BCUT2D eigenvalue weighted by molar-refractivity contribution is -0.275. The first-order valence-electron chi connectivity index (χ1n) is 9.71. The van der Waals surface area contributed by atoms with Crippen LogP contribution in [-0.4, -0.2) is 43.0 Å². The number of nitrogens with zero attached hydrogens (tertiary/aromatic N) is 1. The molecular formula is C21H15Cl2F6N3O3. The average molecular weight is 542 g/mol. The summed E-state index contributed by atoms with van der Waals surface area (Å²) >= 11 is 11.7. The van der Waals surface area contributed by atoms with Crippen molar-refractivity contribution in [3.8, 4) is 0 Å². The number of alkyl halides is 6. The summed E-state index contributed by atoms with van der Waals surface area (Å²) in [4.78, 5) is 28.4. The molecular weight excluding hydrogens is 527 g/mol. The number of benzene rings is 2. The van der Waals surface area contributed by atoms with E-state index in [0.717, 1.165) is 12.1 Å². The van der Waals surface area contributed by atoms with Crippen LogP contribution in [0.4, 0.5) is 26.3 Å². The Hall–Kier alpha value is -2.99. The van der Waals surface area contributed by atoms with Gasteiger partial charge in [-0.2, -0.15) is 26.3 Å². The van der Waals surface area contributed by atoms with E-state index in [0.29, 0.717) is 0 Å². The molecule has 0 saturated carbocycles. The lowest BCUT2D eigenvalue weighted by atomic mass is 9.86. The highest BCUT2D eigenvalue weighted by Gasteiger charge is 2.62. The van der Waals surface area contributed by atoms with Crippen molar-refractivity contribution >= 4 is 40.7 Å². The van der Waals surface area contributed by atoms with Gasteiger partial charge in [0.05, 0.1) is 12.3 Å². The molecule has 1 unspecified atom stereocenters. The van der Waals surface area contributed by atoms with Crippen LogP contribution in [0, 0.1) is 0 Å². The third-order valence-electron chi connectivity index (χ3n) is 4.89. The third kappa shape index (κ3) is 6.37. The summed E-state index contributed by atoms with van der Waals surface area (Å²) in [5.74, 6) is -1.82. The Kier molecular flexibility index (Phi) is 7.56. The summed E-state index contributed by atoms with van der Waals surface area (Å²) in [5.41, 5.74) is -2.97. The van der Waals surface area contributed by atoms with Gasteiger partial charge in [0.1, 0.15) is 6.54 Å². The van der Waals surface area contributed by atoms with Crippen LogP contribution in [0.2, 0.25) is 10.0 Å². The van der Waals surface area contributed by atoms with Gasteiger partial charge in [-0.3, -0.25) is 9.59 Å². The molecule has 0 saturated heterocycles. The first-order chi connectivity index (χ1) is 16.2. The van der Waals surface area contributed by atoms with E-state index < -0.39 is 49.3 Å². The molecule has 2 amide bonds. The Bertz CT molecular complexity index is 1130. The maximum absolute atomic E-state index is 14.1. The van der Waals surface area contributed by atoms with Crippen LogP contribution in [0.5, 0.6) is 0 Å². The Balaban J connectivity index is 1.69. The van der Waals surface area contributed by atoms with Crippen LogP contribution < -0.4 is 10.6 Å². The Labute approximate surface area is 204 Å². The Morgan fingerprint density at radius 1 is 0.971 bits per heavy atom. The van der Waals surface area contributed by atoms with Gasteiger partial charge in [-0.25, -0.2) is 0 Å². The first-order valence-corrected chi connectivity index (χ1v) is 10.5. The number of carbonyl (C=O) groups is 2. The molecule has 2 aromatic rings. The van der Waals surface area contributed by atoms with E-state index in [-0.39, 0.29) is 32.4 Å². The Morgan fingerprint density at radius 2 is 1.57 bits per heavy atom. The minimum Gasteiger partial charge on any atom is -0.374 e. The topological polar surface area (TPSA) is 79.8 Å². The maximum Gasteiger partial charge on any atom is 0.435 e. The number of rotatable bonds is 6. The summed E-state index contributed by atoms with van der Waals surface area (Å²) in [6.45, 7) is -2.24. The van der Waals surface area contributed by atoms with Crippen molar-refractivity contribution in [2.75, 3.05) is 13.1 Å². The van der Waals surface area contributed by atoms with Crippen LogP contribution in [0.15, 0.2) is 47.6 Å². The fourth-order valence-corrected chi connectivity index (χ4v) is 3.71. The van der Waals surface area contributed by atoms with E-state index >= 15 is 0 Å². The molecule has 188 valence electrons. The molecule has 1 atom stereocenters. The van der Waals surface area contributed by atoms with Crippen LogP contribution in [0.3, 0.4) is 0 Å². The van der Waals surface area contributed by atoms with Gasteiger partial charge in [-0.05, 0) is 35.9 Å². The highest BCUT2D eigenvalue weighted by Crippen LogP contribution is 2.49. The average Bonchev–Trinajstić information content (AvgIpc) is 3.22. The van der Waals surface area contributed by atoms with Crippen molar-refractivity contribution in [3.63, 3.8) is 0 Å². The van der Waals surface area contributed by atoms with Crippen molar-refractivity contribution in [2.45, 2.75) is 24.4 Å². The van der Waals surface area contributed by atoms with Crippen molar-refractivity contribution in [2.24, 2.45) is 5.16 Å². The summed E-state index contributed by atoms with van der Waals surface area (Å²) in [6, 6.07) is 8.58. The number of halogens is 8. The fraction of sp³-hybridized carbons (Fsp3) is 0.286.